The fraction of sp³-hybridized carbons (Fsp3) is 1.00. The largest absolute Gasteiger partial charge is 0.382 e. The highest BCUT2D eigenvalue weighted by atomic mass is 16.5. The molecule has 1 fully saturated rings. The molecule has 0 aromatic carbocycles. The van der Waals surface area contributed by atoms with E-state index in [9.17, 15) is 0 Å². The molecule has 0 heterocycles. The highest BCUT2D eigenvalue weighted by molar-refractivity contribution is 4.80. The molecule has 1 unspecified atom stereocenters. The first kappa shape index (κ1) is 11.0. The first-order valence-electron chi connectivity index (χ1n) is 5.17. The van der Waals surface area contributed by atoms with Gasteiger partial charge in [-0.05, 0) is 32.7 Å². The van der Waals surface area contributed by atoms with E-state index in [4.69, 9.17) is 9.47 Å². The Morgan fingerprint density at radius 1 is 1.38 bits per heavy atom. The van der Waals surface area contributed by atoms with Gasteiger partial charge in [0, 0.05) is 13.2 Å². The lowest BCUT2D eigenvalue weighted by molar-refractivity contribution is 0.0227. The number of hydrogen-bond donors (Lipinski definition) is 1. The summed E-state index contributed by atoms with van der Waals surface area (Å²) in [4.78, 5) is 0. The number of methoxy groups -OCH3 is 1. The number of ether oxygens (including phenoxy) is 2. The van der Waals surface area contributed by atoms with Crippen LogP contribution in [0.1, 0.15) is 26.2 Å². The maximum absolute atomic E-state index is 5.52. The zero-order valence-electron chi connectivity index (χ0n) is 8.71. The lowest BCUT2D eigenvalue weighted by atomic mass is 10.3. The van der Waals surface area contributed by atoms with Gasteiger partial charge in [-0.25, -0.2) is 0 Å². The van der Waals surface area contributed by atoms with E-state index >= 15 is 0 Å². The molecule has 1 N–H and O–H groups in total. The van der Waals surface area contributed by atoms with Crippen LogP contribution in [-0.4, -0.2) is 39.0 Å². The molecule has 0 radical (unpaired) electrons. The van der Waals surface area contributed by atoms with Crippen molar-refractivity contribution in [2.75, 3.05) is 26.9 Å². The predicted molar refractivity (Wildman–Crippen MR) is 52.9 cm³/mol. The molecule has 0 amide bonds. The molecule has 1 aliphatic rings. The van der Waals surface area contributed by atoms with Gasteiger partial charge >= 0.3 is 0 Å². The van der Waals surface area contributed by atoms with Gasteiger partial charge in [0.05, 0.1) is 19.3 Å². The van der Waals surface area contributed by atoms with Gasteiger partial charge in [-0.3, -0.25) is 0 Å². The molecular formula is C10H21NO2. The Hall–Kier alpha value is -0.120. The molecule has 0 aromatic rings. The third kappa shape index (κ3) is 6.02. The third-order valence-electron chi connectivity index (χ3n) is 2.25. The summed E-state index contributed by atoms with van der Waals surface area (Å²) in [6.45, 7) is 4.60. The second-order valence-corrected chi connectivity index (χ2v) is 3.69. The molecule has 13 heavy (non-hydrogen) atoms. The smallest absolute Gasteiger partial charge is 0.0703 e. The fourth-order valence-corrected chi connectivity index (χ4v) is 1.19. The molecule has 1 atom stereocenters. The second-order valence-electron chi connectivity index (χ2n) is 3.69. The van der Waals surface area contributed by atoms with Gasteiger partial charge in [-0.15, -0.1) is 0 Å². The predicted octanol–water partition coefficient (Wildman–Crippen LogP) is 1.18. The van der Waals surface area contributed by atoms with E-state index in [0.717, 1.165) is 19.0 Å². The van der Waals surface area contributed by atoms with Crippen molar-refractivity contribution in [3.8, 4) is 0 Å². The molecule has 1 rings (SSSR count). The molecule has 1 aliphatic carbocycles. The molecule has 78 valence electrons. The van der Waals surface area contributed by atoms with Crippen molar-refractivity contribution in [2.45, 2.75) is 38.3 Å². The van der Waals surface area contributed by atoms with Crippen LogP contribution in [-0.2, 0) is 9.47 Å². The summed E-state index contributed by atoms with van der Waals surface area (Å²) in [5.74, 6) is 0. The molecule has 0 aromatic heterocycles. The summed E-state index contributed by atoms with van der Waals surface area (Å²) in [6.07, 6.45) is 4.17. The van der Waals surface area contributed by atoms with Crippen molar-refractivity contribution in [1.82, 2.24) is 5.32 Å². The molecule has 0 spiro atoms. The van der Waals surface area contributed by atoms with Gasteiger partial charge in [-0.2, -0.15) is 0 Å². The van der Waals surface area contributed by atoms with Gasteiger partial charge in [0.1, 0.15) is 0 Å². The first-order chi connectivity index (χ1) is 6.33. The van der Waals surface area contributed by atoms with Crippen LogP contribution in [0, 0.1) is 0 Å². The number of nitrogens with one attached hydrogen (secondary N) is 1. The summed E-state index contributed by atoms with van der Waals surface area (Å²) in [5.41, 5.74) is 0. The van der Waals surface area contributed by atoms with E-state index in [1.165, 1.54) is 12.8 Å². The normalized spacial score (nSPS) is 18.9. The van der Waals surface area contributed by atoms with Gasteiger partial charge in [0.2, 0.25) is 0 Å². The lowest BCUT2D eigenvalue weighted by Gasteiger charge is -2.12. The molecular weight excluding hydrogens is 166 g/mol. The zero-order valence-corrected chi connectivity index (χ0v) is 8.71. The molecule has 1 saturated carbocycles. The maximum atomic E-state index is 5.52. The first-order valence-corrected chi connectivity index (χ1v) is 5.17. The fourth-order valence-electron chi connectivity index (χ4n) is 1.19. The molecule has 0 bridgehead atoms. The topological polar surface area (TPSA) is 30.5 Å². The van der Waals surface area contributed by atoms with Crippen LogP contribution < -0.4 is 5.32 Å². The van der Waals surface area contributed by atoms with Crippen LogP contribution in [0.5, 0.6) is 0 Å². The highest BCUT2D eigenvalue weighted by Gasteiger charge is 2.19. The van der Waals surface area contributed by atoms with Crippen LogP contribution in [0.15, 0.2) is 0 Å². The van der Waals surface area contributed by atoms with Crippen LogP contribution in [0.25, 0.3) is 0 Å². The Morgan fingerprint density at radius 2 is 2.15 bits per heavy atom. The van der Waals surface area contributed by atoms with Crippen molar-refractivity contribution in [1.29, 1.82) is 0 Å². The van der Waals surface area contributed by atoms with Gasteiger partial charge in [0.15, 0.2) is 0 Å². The molecule has 3 nitrogen and oxygen atoms in total. The summed E-state index contributed by atoms with van der Waals surface area (Å²) < 4.78 is 10.4. The van der Waals surface area contributed by atoms with Gasteiger partial charge < -0.3 is 14.8 Å². The van der Waals surface area contributed by atoms with Gasteiger partial charge in [0.25, 0.3) is 0 Å². The Balaban J connectivity index is 1.81. The molecule has 3 heteroatoms. The SMILES string of the molecule is COCCOC(C)CCNC1CC1. The Labute approximate surface area is 80.8 Å². The monoisotopic (exact) mass is 187 g/mol. The number of hydrogen-bond acceptors (Lipinski definition) is 3. The summed E-state index contributed by atoms with van der Waals surface area (Å²) in [5, 5.41) is 3.47. The quantitative estimate of drug-likeness (QED) is 0.579. The average molecular weight is 187 g/mol. The van der Waals surface area contributed by atoms with Crippen molar-refractivity contribution >= 4 is 0 Å². The Bertz CT molecular complexity index is 126. The minimum atomic E-state index is 0.349. The summed E-state index contributed by atoms with van der Waals surface area (Å²) in [6, 6.07) is 0.811. The second kappa shape index (κ2) is 6.35. The van der Waals surface area contributed by atoms with Crippen LogP contribution >= 0.6 is 0 Å². The van der Waals surface area contributed by atoms with E-state index < -0.39 is 0 Å². The van der Waals surface area contributed by atoms with E-state index in [2.05, 4.69) is 12.2 Å². The van der Waals surface area contributed by atoms with E-state index in [0.29, 0.717) is 19.3 Å². The minimum Gasteiger partial charge on any atom is -0.382 e. The van der Waals surface area contributed by atoms with E-state index in [1.54, 1.807) is 7.11 Å². The van der Waals surface area contributed by atoms with Crippen LogP contribution in [0.2, 0.25) is 0 Å². The highest BCUT2D eigenvalue weighted by Crippen LogP contribution is 2.18. The molecule has 0 aliphatic heterocycles. The van der Waals surface area contributed by atoms with Crippen molar-refractivity contribution < 1.29 is 9.47 Å². The Kier molecular flexibility index (Phi) is 5.35. The third-order valence-corrected chi connectivity index (χ3v) is 2.25. The van der Waals surface area contributed by atoms with Gasteiger partial charge in [-0.1, -0.05) is 0 Å². The minimum absolute atomic E-state index is 0.349. The van der Waals surface area contributed by atoms with E-state index in [-0.39, 0.29) is 0 Å². The van der Waals surface area contributed by atoms with Crippen LogP contribution in [0.3, 0.4) is 0 Å². The van der Waals surface area contributed by atoms with Crippen LogP contribution in [0.4, 0.5) is 0 Å². The van der Waals surface area contributed by atoms with E-state index in [1.807, 2.05) is 0 Å². The van der Waals surface area contributed by atoms with Crippen molar-refractivity contribution in [3.05, 3.63) is 0 Å². The summed E-state index contributed by atoms with van der Waals surface area (Å²) in [7, 11) is 1.70. The molecule has 0 saturated heterocycles. The maximum Gasteiger partial charge on any atom is 0.0703 e. The standard InChI is InChI=1S/C10H21NO2/c1-9(13-8-7-12-2)5-6-11-10-3-4-10/h9-11H,3-8H2,1-2H3. The van der Waals surface area contributed by atoms with Crippen molar-refractivity contribution in [3.63, 3.8) is 0 Å². The number of rotatable bonds is 8. The van der Waals surface area contributed by atoms with Crippen molar-refractivity contribution in [2.24, 2.45) is 0 Å². The summed E-state index contributed by atoms with van der Waals surface area (Å²) >= 11 is 0. The zero-order chi connectivity index (χ0) is 9.52. The Morgan fingerprint density at radius 3 is 2.77 bits per heavy atom. The average Bonchev–Trinajstić information content (AvgIpc) is 2.89. The lowest BCUT2D eigenvalue weighted by Crippen LogP contribution is -2.23.